The second-order valence-electron chi connectivity index (χ2n) is 7.93. The van der Waals surface area contributed by atoms with E-state index in [-0.39, 0.29) is 5.91 Å². The Morgan fingerprint density at radius 1 is 1.00 bits per heavy atom. The fraction of sp³-hybridized carbons (Fsp3) is 0.154. The molecule has 176 valence electrons. The van der Waals surface area contributed by atoms with Gasteiger partial charge in [-0.25, -0.2) is 4.68 Å². The monoisotopic (exact) mass is 468 g/mol. The molecule has 0 spiro atoms. The van der Waals surface area contributed by atoms with Gasteiger partial charge in [-0.1, -0.05) is 12.1 Å². The molecular weight excluding hydrogens is 444 g/mol. The van der Waals surface area contributed by atoms with Gasteiger partial charge >= 0.3 is 0 Å². The van der Waals surface area contributed by atoms with Gasteiger partial charge in [-0.3, -0.25) is 9.78 Å². The topological polar surface area (TPSA) is 103 Å². The zero-order valence-corrected chi connectivity index (χ0v) is 19.5. The van der Waals surface area contributed by atoms with Gasteiger partial charge in [0.1, 0.15) is 17.5 Å². The SMILES string of the molecule is COc1ccc(-c2nc3n(n2)[C@@H](c2ccncc2)C(C(=O)Nc2ccccc2OC)=C(C)N3)cc1. The van der Waals surface area contributed by atoms with Crippen molar-refractivity contribution in [2.45, 2.75) is 13.0 Å². The molecule has 9 nitrogen and oxygen atoms in total. The largest absolute Gasteiger partial charge is 0.497 e. The van der Waals surface area contributed by atoms with Crippen LogP contribution in [0.15, 0.2) is 84.3 Å². The zero-order chi connectivity index (χ0) is 24.4. The molecule has 0 unspecified atom stereocenters. The van der Waals surface area contributed by atoms with E-state index in [0.29, 0.717) is 34.5 Å². The van der Waals surface area contributed by atoms with Crippen molar-refractivity contribution in [1.82, 2.24) is 19.7 Å². The Morgan fingerprint density at radius 3 is 2.46 bits per heavy atom. The number of anilines is 2. The molecule has 1 aliphatic rings. The van der Waals surface area contributed by atoms with E-state index in [1.165, 1.54) is 0 Å². The molecule has 2 N–H and O–H groups in total. The van der Waals surface area contributed by atoms with E-state index >= 15 is 0 Å². The first-order chi connectivity index (χ1) is 17.1. The fourth-order valence-electron chi connectivity index (χ4n) is 4.10. The smallest absolute Gasteiger partial charge is 0.255 e. The highest BCUT2D eigenvalue weighted by Gasteiger charge is 2.34. The molecule has 1 amide bonds. The van der Waals surface area contributed by atoms with E-state index in [2.05, 4.69) is 15.6 Å². The lowest BCUT2D eigenvalue weighted by molar-refractivity contribution is -0.113. The van der Waals surface area contributed by atoms with Crippen molar-refractivity contribution in [3.63, 3.8) is 0 Å². The van der Waals surface area contributed by atoms with Crippen molar-refractivity contribution in [2.24, 2.45) is 0 Å². The average molecular weight is 469 g/mol. The van der Waals surface area contributed by atoms with Gasteiger partial charge in [-0.05, 0) is 61.0 Å². The number of rotatable bonds is 6. The van der Waals surface area contributed by atoms with Crippen LogP contribution in [-0.2, 0) is 4.79 Å². The quantitative estimate of drug-likeness (QED) is 0.435. The number of ether oxygens (including phenoxy) is 2. The number of benzene rings is 2. The van der Waals surface area contributed by atoms with Crippen LogP contribution in [-0.4, -0.2) is 39.9 Å². The van der Waals surface area contributed by atoms with Crippen molar-refractivity contribution in [2.75, 3.05) is 24.9 Å². The van der Waals surface area contributed by atoms with Crippen LogP contribution >= 0.6 is 0 Å². The standard InChI is InChI=1S/C26H24N6O3/c1-16-22(25(33)29-20-6-4-5-7-21(20)35-3)23(17-12-14-27-15-13-17)32-26(28-16)30-24(31-32)18-8-10-19(34-2)11-9-18/h4-15,23H,1-3H3,(H,29,33)(H,28,30,31)/t23-/m0/s1. The Hall–Kier alpha value is -4.66. The lowest BCUT2D eigenvalue weighted by Crippen LogP contribution is -2.31. The summed E-state index contributed by atoms with van der Waals surface area (Å²) in [6.45, 7) is 1.86. The summed E-state index contributed by atoms with van der Waals surface area (Å²) < 4.78 is 12.4. The molecule has 5 rings (SSSR count). The van der Waals surface area contributed by atoms with Gasteiger partial charge < -0.3 is 20.1 Å². The normalized spacial score (nSPS) is 14.7. The average Bonchev–Trinajstić information content (AvgIpc) is 3.32. The van der Waals surface area contributed by atoms with Crippen LogP contribution in [0, 0.1) is 0 Å². The molecule has 35 heavy (non-hydrogen) atoms. The van der Waals surface area contributed by atoms with Crippen LogP contribution in [0.5, 0.6) is 11.5 Å². The summed E-state index contributed by atoms with van der Waals surface area (Å²) in [4.78, 5) is 22.5. The second kappa shape index (κ2) is 9.30. The highest BCUT2D eigenvalue weighted by atomic mass is 16.5. The Balaban J connectivity index is 1.57. The number of carbonyl (C=O) groups is 1. The second-order valence-corrected chi connectivity index (χ2v) is 7.93. The summed E-state index contributed by atoms with van der Waals surface area (Å²) in [6.07, 6.45) is 3.40. The number of amides is 1. The maximum Gasteiger partial charge on any atom is 0.255 e. The molecule has 2 aromatic heterocycles. The lowest BCUT2D eigenvalue weighted by atomic mass is 9.96. The number of nitrogens with zero attached hydrogens (tertiary/aromatic N) is 4. The molecule has 0 fully saturated rings. The number of fused-ring (bicyclic) bond motifs is 1. The third-order valence-corrected chi connectivity index (χ3v) is 5.82. The van der Waals surface area contributed by atoms with E-state index < -0.39 is 6.04 Å². The minimum absolute atomic E-state index is 0.270. The highest BCUT2D eigenvalue weighted by molar-refractivity contribution is 6.06. The van der Waals surface area contributed by atoms with E-state index in [1.54, 1.807) is 43.4 Å². The summed E-state index contributed by atoms with van der Waals surface area (Å²) in [6, 6.07) is 18.0. The van der Waals surface area contributed by atoms with Crippen molar-refractivity contribution in [1.29, 1.82) is 0 Å². The number of methoxy groups -OCH3 is 2. The maximum absolute atomic E-state index is 13.6. The Morgan fingerprint density at radius 2 is 1.74 bits per heavy atom. The van der Waals surface area contributed by atoms with Crippen LogP contribution < -0.4 is 20.1 Å². The van der Waals surface area contributed by atoms with Crippen molar-refractivity contribution in [3.8, 4) is 22.9 Å². The van der Waals surface area contributed by atoms with Crippen LogP contribution in [0.25, 0.3) is 11.4 Å². The number of carbonyl (C=O) groups excluding carboxylic acids is 1. The van der Waals surface area contributed by atoms with E-state index in [4.69, 9.17) is 19.6 Å². The summed E-state index contributed by atoms with van der Waals surface area (Å²) >= 11 is 0. The minimum Gasteiger partial charge on any atom is -0.497 e. The molecule has 0 saturated heterocycles. The number of nitrogens with one attached hydrogen (secondary N) is 2. The van der Waals surface area contributed by atoms with Gasteiger partial charge in [-0.2, -0.15) is 4.98 Å². The third kappa shape index (κ3) is 4.19. The molecule has 1 atom stereocenters. The van der Waals surface area contributed by atoms with Crippen LogP contribution in [0.3, 0.4) is 0 Å². The maximum atomic E-state index is 13.6. The summed E-state index contributed by atoms with van der Waals surface area (Å²) in [5, 5.41) is 11.0. The van der Waals surface area contributed by atoms with Gasteiger partial charge in [0.2, 0.25) is 5.95 Å². The fourth-order valence-corrected chi connectivity index (χ4v) is 4.10. The minimum atomic E-state index is -0.511. The first-order valence-electron chi connectivity index (χ1n) is 11.0. The Labute approximate surface area is 202 Å². The summed E-state index contributed by atoms with van der Waals surface area (Å²) in [5.74, 6) is 2.13. The van der Waals surface area contributed by atoms with Gasteiger partial charge in [0, 0.05) is 23.7 Å². The molecule has 0 radical (unpaired) electrons. The van der Waals surface area contributed by atoms with E-state index in [1.807, 2.05) is 55.5 Å². The van der Waals surface area contributed by atoms with E-state index in [0.717, 1.165) is 16.9 Å². The molecule has 0 aliphatic carbocycles. The Kier molecular flexibility index (Phi) is 5.88. The number of hydrogen-bond acceptors (Lipinski definition) is 7. The third-order valence-electron chi connectivity index (χ3n) is 5.82. The Bertz CT molecular complexity index is 1400. The number of para-hydroxylation sites is 2. The molecule has 3 heterocycles. The number of allylic oxidation sites excluding steroid dienone is 1. The van der Waals surface area contributed by atoms with E-state index in [9.17, 15) is 4.79 Å². The van der Waals surface area contributed by atoms with Crippen molar-refractivity contribution >= 4 is 17.5 Å². The first kappa shape index (κ1) is 22.1. The summed E-state index contributed by atoms with van der Waals surface area (Å²) in [7, 11) is 3.19. The van der Waals surface area contributed by atoms with Crippen LogP contribution in [0.4, 0.5) is 11.6 Å². The predicted molar refractivity (Wildman–Crippen MR) is 132 cm³/mol. The molecule has 9 heteroatoms. The highest BCUT2D eigenvalue weighted by Crippen LogP contribution is 2.37. The van der Waals surface area contributed by atoms with Crippen LogP contribution in [0.1, 0.15) is 18.5 Å². The van der Waals surface area contributed by atoms with Gasteiger partial charge in [0.05, 0.1) is 25.5 Å². The molecular formula is C26H24N6O3. The van der Waals surface area contributed by atoms with Gasteiger partial charge in [-0.15, -0.1) is 5.10 Å². The lowest BCUT2D eigenvalue weighted by Gasteiger charge is -2.28. The van der Waals surface area contributed by atoms with Gasteiger partial charge in [0.25, 0.3) is 5.91 Å². The molecule has 0 bridgehead atoms. The van der Waals surface area contributed by atoms with Crippen molar-refractivity contribution in [3.05, 3.63) is 89.9 Å². The molecule has 4 aromatic rings. The number of hydrogen-bond donors (Lipinski definition) is 2. The number of pyridine rings is 1. The summed E-state index contributed by atoms with van der Waals surface area (Å²) in [5.41, 5.74) is 3.47. The van der Waals surface area contributed by atoms with Gasteiger partial charge in [0.15, 0.2) is 5.82 Å². The molecule has 1 aliphatic heterocycles. The predicted octanol–water partition coefficient (Wildman–Crippen LogP) is 4.28. The van der Waals surface area contributed by atoms with Crippen LogP contribution in [0.2, 0.25) is 0 Å². The zero-order valence-electron chi connectivity index (χ0n) is 19.5. The molecule has 0 saturated carbocycles. The molecule has 2 aromatic carbocycles. The van der Waals surface area contributed by atoms with Crippen molar-refractivity contribution < 1.29 is 14.3 Å². The first-order valence-corrected chi connectivity index (χ1v) is 11.0. The number of aromatic nitrogens is 4.